The topological polar surface area (TPSA) is 16.4 Å². The third kappa shape index (κ3) is 5.22. The molecule has 2 aromatic heterocycles. The number of furan rings is 1. The number of anilines is 3. The van der Waals surface area contributed by atoms with Gasteiger partial charge in [0.1, 0.15) is 11.2 Å². The molecule has 15 rings (SSSR count). The minimum atomic E-state index is -0.533. The molecular weight excluding hydrogens is 843 g/mol. The van der Waals surface area contributed by atoms with Crippen molar-refractivity contribution in [2.75, 3.05) is 4.90 Å². The maximum Gasteiger partial charge on any atom is 0.143 e. The summed E-state index contributed by atoms with van der Waals surface area (Å²) in [6.45, 7) is 0. The highest BCUT2D eigenvalue weighted by atomic mass is 32.1. The number of thiophene rings is 1. The average molecular weight is 882 g/mol. The molecule has 0 atom stereocenters. The zero-order valence-electron chi connectivity index (χ0n) is 36.8. The van der Waals surface area contributed by atoms with Crippen molar-refractivity contribution in [3.63, 3.8) is 0 Å². The highest BCUT2D eigenvalue weighted by molar-refractivity contribution is 7.26. The molecule has 2 nitrogen and oxygen atoms in total. The number of para-hydroxylation sites is 1. The standard InChI is InChI=1S/C65H39NOS/c1-2-13-44(14-3-1)65(57-21-8-4-17-51(57)52-18-5-9-22-58(52)65)45-15-12-16-46(39-45)66(47-31-35-49-42(37-47)27-25-40-29-33-55-53-19-6-10-23-59(53)67-63(55)61(40)49)48-32-36-50-43(38-48)28-26-41-30-34-56-54-20-7-11-24-60(54)68-64(56)62(41)50/h1-39H. The van der Waals surface area contributed by atoms with E-state index in [4.69, 9.17) is 4.42 Å². The SMILES string of the molecule is c1ccc(C2(c3cccc(N(c4ccc5c(ccc6ccc7c8ccccc8oc7c65)c4)c4ccc5c(ccc6ccc7c8ccccc8sc7c65)c4)c3)c3ccccc3-c3ccccc32)cc1. The molecule has 3 heteroatoms. The van der Waals surface area contributed by atoms with Crippen LogP contribution < -0.4 is 4.90 Å². The lowest BCUT2D eigenvalue weighted by Crippen LogP contribution is -2.28. The fraction of sp³-hybridized carbons (Fsp3) is 0.0154. The third-order valence-electron chi connectivity index (χ3n) is 14.9. The van der Waals surface area contributed by atoms with Gasteiger partial charge in [-0.15, -0.1) is 11.3 Å². The van der Waals surface area contributed by atoms with Crippen LogP contribution in [0.2, 0.25) is 0 Å². The van der Waals surface area contributed by atoms with Gasteiger partial charge in [-0.25, -0.2) is 0 Å². The molecule has 0 fully saturated rings. The third-order valence-corrected chi connectivity index (χ3v) is 16.1. The van der Waals surface area contributed by atoms with Gasteiger partial charge in [-0.1, -0.05) is 182 Å². The van der Waals surface area contributed by atoms with Crippen LogP contribution >= 0.6 is 11.3 Å². The molecule has 0 aliphatic heterocycles. The molecule has 316 valence electrons. The van der Waals surface area contributed by atoms with E-state index in [2.05, 4.69) is 235 Å². The lowest BCUT2D eigenvalue weighted by atomic mass is 9.67. The number of fused-ring (bicyclic) bond motifs is 17. The normalized spacial score (nSPS) is 13.1. The molecule has 68 heavy (non-hydrogen) atoms. The fourth-order valence-electron chi connectivity index (χ4n) is 11.9. The largest absolute Gasteiger partial charge is 0.455 e. The van der Waals surface area contributed by atoms with Gasteiger partial charge in [-0.2, -0.15) is 0 Å². The van der Waals surface area contributed by atoms with E-state index in [0.29, 0.717) is 0 Å². The lowest BCUT2D eigenvalue weighted by molar-refractivity contribution is 0.673. The molecule has 0 amide bonds. The fourth-order valence-corrected chi connectivity index (χ4v) is 13.2. The van der Waals surface area contributed by atoms with Gasteiger partial charge >= 0.3 is 0 Å². The summed E-state index contributed by atoms with van der Waals surface area (Å²) in [5, 5.41) is 14.6. The molecule has 0 saturated carbocycles. The first-order valence-corrected chi connectivity index (χ1v) is 24.2. The van der Waals surface area contributed by atoms with E-state index in [9.17, 15) is 0 Å². The second-order valence-electron chi connectivity index (χ2n) is 18.3. The van der Waals surface area contributed by atoms with E-state index in [-0.39, 0.29) is 0 Å². The summed E-state index contributed by atoms with van der Waals surface area (Å²) in [6.07, 6.45) is 0. The molecule has 1 aliphatic carbocycles. The van der Waals surface area contributed by atoms with Gasteiger partial charge in [0.25, 0.3) is 0 Å². The van der Waals surface area contributed by atoms with E-state index in [1.165, 1.54) is 85.9 Å². The Balaban J connectivity index is 0.982. The Hall–Kier alpha value is -8.50. The van der Waals surface area contributed by atoms with E-state index >= 15 is 0 Å². The molecule has 0 spiro atoms. The predicted octanol–water partition coefficient (Wildman–Crippen LogP) is 18.4. The summed E-state index contributed by atoms with van der Waals surface area (Å²) in [5.41, 5.74) is 12.2. The van der Waals surface area contributed by atoms with Crippen LogP contribution in [0.1, 0.15) is 22.3 Å². The van der Waals surface area contributed by atoms with Crippen LogP contribution in [-0.4, -0.2) is 0 Å². The molecular formula is C65H39NOS. The van der Waals surface area contributed by atoms with Crippen molar-refractivity contribution in [3.05, 3.63) is 259 Å². The molecule has 14 aromatic rings. The lowest BCUT2D eigenvalue weighted by Gasteiger charge is -2.35. The van der Waals surface area contributed by atoms with Gasteiger partial charge < -0.3 is 9.32 Å². The Morgan fingerprint density at radius 2 is 0.897 bits per heavy atom. The first kappa shape index (κ1) is 37.7. The van der Waals surface area contributed by atoms with Crippen LogP contribution in [0.5, 0.6) is 0 Å². The van der Waals surface area contributed by atoms with Gasteiger partial charge in [0.05, 0.1) is 5.41 Å². The minimum Gasteiger partial charge on any atom is -0.455 e. The van der Waals surface area contributed by atoms with Gasteiger partial charge in [0.2, 0.25) is 0 Å². The van der Waals surface area contributed by atoms with Gasteiger partial charge in [-0.3, -0.25) is 0 Å². The zero-order valence-corrected chi connectivity index (χ0v) is 37.6. The quantitative estimate of drug-likeness (QED) is 0.160. The van der Waals surface area contributed by atoms with E-state index < -0.39 is 5.41 Å². The summed E-state index contributed by atoms with van der Waals surface area (Å²) in [4.78, 5) is 2.46. The molecule has 0 unspecified atom stereocenters. The van der Waals surface area contributed by atoms with Crippen molar-refractivity contribution in [3.8, 4) is 11.1 Å². The van der Waals surface area contributed by atoms with Gasteiger partial charge in [0.15, 0.2) is 0 Å². The maximum atomic E-state index is 6.65. The van der Waals surface area contributed by atoms with Crippen molar-refractivity contribution in [1.82, 2.24) is 0 Å². The molecule has 0 N–H and O–H groups in total. The summed E-state index contributed by atoms with van der Waals surface area (Å²) in [7, 11) is 0. The van der Waals surface area contributed by atoms with Crippen LogP contribution in [0.4, 0.5) is 17.1 Å². The second-order valence-corrected chi connectivity index (χ2v) is 19.4. The van der Waals surface area contributed by atoms with Crippen molar-refractivity contribution in [2.45, 2.75) is 5.41 Å². The second kappa shape index (κ2) is 14.3. The van der Waals surface area contributed by atoms with Crippen LogP contribution in [0.15, 0.2) is 241 Å². The maximum absolute atomic E-state index is 6.65. The highest BCUT2D eigenvalue weighted by Crippen LogP contribution is 2.57. The Labute approximate surface area is 396 Å². The molecule has 2 heterocycles. The molecule has 0 bridgehead atoms. The van der Waals surface area contributed by atoms with Crippen LogP contribution in [0.25, 0.3) is 96.3 Å². The molecule has 1 aliphatic rings. The Morgan fingerprint density at radius 1 is 0.353 bits per heavy atom. The van der Waals surface area contributed by atoms with Crippen LogP contribution in [0.3, 0.4) is 0 Å². The monoisotopic (exact) mass is 881 g/mol. The Bertz CT molecular complexity index is 4170. The average Bonchev–Trinajstić information content (AvgIpc) is 4.07. The van der Waals surface area contributed by atoms with Crippen molar-refractivity contribution in [2.24, 2.45) is 0 Å². The predicted molar refractivity (Wildman–Crippen MR) is 289 cm³/mol. The summed E-state index contributed by atoms with van der Waals surface area (Å²) in [5.74, 6) is 0. The summed E-state index contributed by atoms with van der Waals surface area (Å²) in [6, 6.07) is 87.7. The minimum absolute atomic E-state index is 0.533. The number of hydrogen-bond acceptors (Lipinski definition) is 3. The zero-order chi connectivity index (χ0) is 44.5. The van der Waals surface area contributed by atoms with Crippen LogP contribution in [-0.2, 0) is 5.41 Å². The van der Waals surface area contributed by atoms with E-state index in [1.54, 1.807) is 0 Å². The van der Waals surface area contributed by atoms with Gasteiger partial charge in [-0.05, 0) is 120 Å². The Morgan fingerprint density at radius 3 is 1.65 bits per heavy atom. The van der Waals surface area contributed by atoms with E-state index in [1.807, 2.05) is 17.4 Å². The summed E-state index contributed by atoms with van der Waals surface area (Å²) >= 11 is 1.90. The van der Waals surface area contributed by atoms with Crippen molar-refractivity contribution >= 4 is 114 Å². The molecule has 0 saturated heterocycles. The highest BCUT2D eigenvalue weighted by Gasteiger charge is 2.46. The first-order chi connectivity index (χ1) is 33.7. The first-order valence-electron chi connectivity index (χ1n) is 23.4. The number of nitrogens with zero attached hydrogens (tertiary/aromatic N) is 1. The van der Waals surface area contributed by atoms with Crippen molar-refractivity contribution < 1.29 is 4.42 Å². The van der Waals surface area contributed by atoms with Gasteiger partial charge in [0, 0.05) is 58.8 Å². The van der Waals surface area contributed by atoms with Crippen molar-refractivity contribution in [1.29, 1.82) is 0 Å². The number of hydrogen-bond donors (Lipinski definition) is 0. The number of rotatable bonds is 5. The molecule has 12 aromatic carbocycles. The molecule has 0 radical (unpaired) electrons. The number of benzene rings is 12. The summed E-state index contributed by atoms with van der Waals surface area (Å²) < 4.78 is 9.32. The smallest absolute Gasteiger partial charge is 0.143 e. The van der Waals surface area contributed by atoms with Crippen LogP contribution in [0, 0.1) is 0 Å². The Kier molecular flexibility index (Phi) is 7.90. The van der Waals surface area contributed by atoms with E-state index in [0.717, 1.165) is 49.8 Å².